The minimum absolute atomic E-state index is 0.616. The lowest BCUT2D eigenvalue weighted by molar-refractivity contribution is 0.138. The van der Waals surface area contributed by atoms with Crippen molar-refractivity contribution in [2.24, 2.45) is 0 Å². The number of halogens is 1. The van der Waals surface area contributed by atoms with Crippen molar-refractivity contribution in [3.8, 4) is 0 Å². The SMILES string of the molecule is COCCN(Cc1cnc(Cl)s1)CC1CCCN1. The number of nitrogens with zero attached hydrogens (tertiary/aromatic N) is 2. The van der Waals surface area contributed by atoms with E-state index in [0.717, 1.165) is 32.8 Å². The standard InChI is InChI=1S/C12H20ClN3OS/c1-17-6-5-16(8-10-3-2-4-14-10)9-11-7-15-12(13)18-11/h7,10,14H,2-6,8-9H2,1H3. The van der Waals surface area contributed by atoms with Gasteiger partial charge in [-0.25, -0.2) is 4.98 Å². The maximum absolute atomic E-state index is 5.87. The number of hydrogen-bond donors (Lipinski definition) is 1. The molecule has 1 saturated heterocycles. The van der Waals surface area contributed by atoms with E-state index in [1.54, 1.807) is 18.4 Å². The van der Waals surface area contributed by atoms with Crippen LogP contribution in [0.4, 0.5) is 0 Å². The van der Waals surface area contributed by atoms with E-state index in [0.29, 0.717) is 10.5 Å². The second-order valence-corrected chi connectivity index (χ2v) is 6.30. The molecular weight excluding hydrogens is 270 g/mol. The van der Waals surface area contributed by atoms with Crippen molar-refractivity contribution < 1.29 is 4.74 Å². The highest BCUT2D eigenvalue weighted by Crippen LogP contribution is 2.20. The number of rotatable bonds is 7. The van der Waals surface area contributed by atoms with Crippen LogP contribution in [0, 0.1) is 0 Å². The highest BCUT2D eigenvalue weighted by atomic mass is 35.5. The van der Waals surface area contributed by atoms with Gasteiger partial charge in [-0.3, -0.25) is 4.90 Å². The van der Waals surface area contributed by atoms with Crippen LogP contribution in [0.2, 0.25) is 4.47 Å². The van der Waals surface area contributed by atoms with Crippen LogP contribution in [-0.4, -0.2) is 49.3 Å². The zero-order valence-corrected chi connectivity index (χ0v) is 12.3. The monoisotopic (exact) mass is 289 g/mol. The Morgan fingerprint density at radius 2 is 2.56 bits per heavy atom. The molecule has 2 rings (SSSR count). The first-order chi connectivity index (χ1) is 8.78. The Balaban J connectivity index is 1.86. The number of hydrogen-bond acceptors (Lipinski definition) is 5. The van der Waals surface area contributed by atoms with Crippen molar-refractivity contribution in [2.75, 3.05) is 33.4 Å². The summed E-state index contributed by atoms with van der Waals surface area (Å²) in [7, 11) is 1.75. The molecule has 2 heterocycles. The molecule has 1 aliphatic rings. The number of thiazole rings is 1. The van der Waals surface area contributed by atoms with Gasteiger partial charge in [0, 0.05) is 43.9 Å². The summed E-state index contributed by atoms with van der Waals surface area (Å²) >= 11 is 7.43. The van der Waals surface area contributed by atoms with Crippen LogP contribution in [0.15, 0.2) is 6.20 Å². The molecular formula is C12H20ClN3OS. The summed E-state index contributed by atoms with van der Waals surface area (Å²) in [5, 5.41) is 3.53. The molecule has 1 aromatic rings. The molecule has 0 spiro atoms. The van der Waals surface area contributed by atoms with Crippen molar-refractivity contribution >= 4 is 22.9 Å². The molecule has 1 unspecified atom stereocenters. The Bertz CT molecular complexity index is 355. The quantitative estimate of drug-likeness (QED) is 0.833. The van der Waals surface area contributed by atoms with Gasteiger partial charge in [-0.05, 0) is 19.4 Å². The summed E-state index contributed by atoms with van der Waals surface area (Å²) in [5.41, 5.74) is 0. The predicted octanol–water partition coefficient (Wildman–Crippen LogP) is 2.00. The average Bonchev–Trinajstić information content (AvgIpc) is 2.98. The Morgan fingerprint density at radius 3 is 3.17 bits per heavy atom. The topological polar surface area (TPSA) is 37.4 Å². The van der Waals surface area contributed by atoms with Crippen LogP contribution in [-0.2, 0) is 11.3 Å². The van der Waals surface area contributed by atoms with Crippen LogP contribution in [0.5, 0.6) is 0 Å². The Kier molecular flexibility index (Phi) is 5.85. The third-order valence-corrected chi connectivity index (χ3v) is 4.26. The molecule has 1 N–H and O–H groups in total. The Morgan fingerprint density at radius 1 is 1.67 bits per heavy atom. The lowest BCUT2D eigenvalue weighted by atomic mass is 10.2. The van der Waals surface area contributed by atoms with Crippen molar-refractivity contribution in [3.05, 3.63) is 15.5 Å². The molecule has 6 heteroatoms. The summed E-state index contributed by atoms with van der Waals surface area (Å²) < 4.78 is 5.80. The maximum atomic E-state index is 5.87. The summed E-state index contributed by atoms with van der Waals surface area (Å²) in [6, 6.07) is 0.616. The lowest BCUT2D eigenvalue weighted by Gasteiger charge is -2.24. The second kappa shape index (κ2) is 7.40. The number of aromatic nitrogens is 1. The van der Waals surface area contributed by atoms with Crippen LogP contribution < -0.4 is 5.32 Å². The highest BCUT2D eigenvalue weighted by molar-refractivity contribution is 7.15. The fourth-order valence-electron chi connectivity index (χ4n) is 2.26. The first kappa shape index (κ1) is 14.2. The molecule has 0 aromatic carbocycles. The molecule has 1 aromatic heterocycles. The minimum Gasteiger partial charge on any atom is -0.383 e. The third-order valence-electron chi connectivity index (χ3n) is 3.16. The van der Waals surface area contributed by atoms with Gasteiger partial charge in [0.1, 0.15) is 0 Å². The second-order valence-electron chi connectivity index (χ2n) is 4.60. The minimum atomic E-state index is 0.616. The molecule has 0 bridgehead atoms. The van der Waals surface area contributed by atoms with Crippen molar-refractivity contribution in [1.82, 2.24) is 15.2 Å². The van der Waals surface area contributed by atoms with Gasteiger partial charge in [0.2, 0.25) is 0 Å². The number of ether oxygens (including phenoxy) is 1. The van der Waals surface area contributed by atoms with Crippen LogP contribution in [0.25, 0.3) is 0 Å². The molecule has 18 heavy (non-hydrogen) atoms. The van der Waals surface area contributed by atoms with Crippen LogP contribution in [0.1, 0.15) is 17.7 Å². The number of methoxy groups -OCH3 is 1. The highest BCUT2D eigenvalue weighted by Gasteiger charge is 2.18. The van der Waals surface area contributed by atoms with Crippen LogP contribution in [0.3, 0.4) is 0 Å². The lowest BCUT2D eigenvalue weighted by Crippen LogP contribution is -2.38. The first-order valence-electron chi connectivity index (χ1n) is 6.33. The normalized spacial score (nSPS) is 19.8. The number of nitrogens with one attached hydrogen (secondary N) is 1. The summed E-state index contributed by atoms with van der Waals surface area (Å²) in [4.78, 5) is 7.72. The molecule has 0 amide bonds. The average molecular weight is 290 g/mol. The van der Waals surface area contributed by atoms with Gasteiger partial charge in [0.05, 0.1) is 6.61 Å². The predicted molar refractivity (Wildman–Crippen MR) is 75.3 cm³/mol. The molecule has 1 fully saturated rings. The molecule has 0 aliphatic carbocycles. The van der Waals surface area contributed by atoms with Gasteiger partial charge in [-0.15, -0.1) is 11.3 Å². The van der Waals surface area contributed by atoms with Gasteiger partial charge in [0.25, 0.3) is 0 Å². The fraction of sp³-hybridized carbons (Fsp3) is 0.750. The van der Waals surface area contributed by atoms with Crippen molar-refractivity contribution in [3.63, 3.8) is 0 Å². The smallest absolute Gasteiger partial charge is 0.183 e. The summed E-state index contributed by atoms with van der Waals surface area (Å²) in [5.74, 6) is 0. The molecule has 4 nitrogen and oxygen atoms in total. The molecule has 0 radical (unpaired) electrons. The zero-order chi connectivity index (χ0) is 12.8. The van der Waals surface area contributed by atoms with Gasteiger partial charge >= 0.3 is 0 Å². The van der Waals surface area contributed by atoms with E-state index in [1.165, 1.54) is 17.7 Å². The molecule has 1 aliphatic heterocycles. The zero-order valence-electron chi connectivity index (χ0n) is 10.7. The van der Waals surface area contributed by atoms with Crippen molar-refractivity contribution in [1.29, 1.82) is 0 Å². The summed E-state index contributed by atoms with van der Waals surface area (Å²) in [6.45, 7) is 4.84. The van der Waals surface area contributed by atoms with E-state index in [2.05, 4.69) is 15.2 Å². The van der Waals surface area contributed by atoms with E-state index >= 15 is 0 Å². The first-order valence-corrected chi connectivity index (χ1v) is 7.52. The Hall–Kier alpha value is -0.200. The molecule has 0 saturated carbocycles. The van der Waals surface area contributed by atoms with Gasteiger partial charge < -0.3 is 10.1 Å². The van der Waals surface area contributed by atoms with Gasteiger partial charge in [0.15, 0.2) is 4.47 Å². The third kappa shape index (κ3) is 4.48. The van der Waals surface area contributed by atoms with E-state index < -0.39 is 0 Å². The molecule has 102 valence electrons. The van der Waals surface area contributed by atoms with Gasteiger partial charge in [-0.1, -0.05) is 11.6 Å². The van der Waals surface area contributed by atoms with E-state index in [4.69, 9.17) is 16.3 Å². The van der Waals surface area contributed by atoms with Gasteiger partial charge in [-0.2, -0.15) is 0 Å². The van der Waals surface area contributed by atoms with Crippen molar-refractivity contribution in [2.45, 2.75) is 25.4 Å². The molecule has 1 atom stereocenters. The largest absolute Gasteiger partial charge is 0.383 e. The maximum Gasteiger partial charge on any atom is 0.183 e. The van der Waals surface area contributed by atoms with Crippen LogP contribution >= 0.6 is 22.9 Å². The fourth-order valence-corrected chi connectivity index (χ4v) is 3.28. The van der Waals surface area contributed by atoms with E-state index in [-0.39, 0.29) is 0 Å². The Labute approximate surface area is 117 Å². The van der Waals surface area contributed by atoms with E-state index in [1.807, 2.05) is 6.20 Å². The van der Waals surface area contributed by atoms with E-state index in [9.17, 15) is 0 Å². The summed E-state index contributed by atoms with van der Waals surface area (Å²) in [6.07, 6.45) is 4.43.